The summed E-state index contributed by atoms with van der Waals surface area (Å²) in [5, 5.41) is 0. The second-order valence-electron chi connectivity index (χ2n) is 3.17. The van der Waals surface area contributed by atoms with Gasteiger partial charge in [0.1, 0.15) is 6.29 Å². The van der Waals surface area contributed by atoms with Gasteiger partial charge >= 0.3 is 0 Å². The molecule has 1 aliphatic carbocycles. The van der Waals surface area contributed by atoms with Crippen molar-refractivity contribution in [3.63, 3.8) is 0 Å². The van der Waals surface area contributed by atoms with Crippen LogP contribution in [0, 0.1) is 11.8 Å². The predicted molar refractivity (Wildman–Crippen MR) is 46.5 cm³/mol. The van der Waals surface area contributed by atoms with Crippen LogP contribution in [0.2, 0.25) is 0 Å². The van der Waals surface area contributed by atoms with Gasteiger partial charge in [-0.1, -0.05) is 24.9 Å². The zero-order valence-corrected chi connectivity index (χ0v) is 7.47. The molecule has 1 nitrogen and oxygen atoms in total. The van der Waals surface area contributed by atoms with Gasteiger partial charge in [-0.25, -0.2) is 0 Å². The second-order valence-corrected chi connectivity index (χ2v) is 3.39. The minimum atomic E-state index is 0.454. The van der Waals surface area contributed by atoms with Gasteiger partial charge in [0.15, 0.2) is 0 Å². The molecule has 0 atom stereocenters. The van der Waals surface area contributed by atoms with E-state index in [9.17, 15) is 4.79 Å². The highest BCUT2D eigenvalue weighted by Crippen LogP contribution is 2.39. The summed E-state index contributed by atoms with van der Waals surface area (Å²) >= 11 is 5.47. The highest BCUT2D eigenvalue weighted by atomic mass is 35.5. The topological polar surface area (TPSA) is 17.1 Å². The Hall–Kier alpha value is -0.300. The standard InChI is InChI=1S/C9H13ClO/c1-2-7-3-8(4-7)9(5-10)6-11/h5-8H,2-4H2,1H3. The SMILES string of the molecule is CCC1CC(C(C=O)=CCl)C1. The summed E-state index contributed by atoms with van der Waals surface area (Å²) in [7, 11) is 0. The molecule has 1 aliphatic rings. The first-order valence-corrected chi connectivity index (χ1v) is 4.50. The first-order chi connectivity index (χ1) is 5.31. The van der Waals surface area contributed by atoms with Crippen molar-refractivity contribution < 1.29 is 4.79 Å². The van der Waals surface area contributed by atoms with Crippen molar-refractivity contribution in [2.24, 2.45) is 11.8 Å². The summed E-state index contributed by atoms with van der Waals surface area (Å²) in [5.41, 5.74) is 2.19. The van der Waals surface area contributed by atoms with E-state index in [0.717, 1.165) is 30.6 Å². The van der Waals surface area contributed by atoms with Crippen molar-refractivity contribution in [2.75, 3.05) is 0 Å². The molecule has 1 fully saturated rings. The maximum Gasteiger partial charge on any atom is 0.147 e. The Morgan fingerprint density at radius 2 is 2.27 bits per heavy atom. The van der Waals surface area contributed by atoms with Crippen molar-refractivity contribution in [1.29, 1.82) is 0 Å². The maximum absolute atomic E-state index is 10.4. The van der Waals surface area contributed by atoms with E-state index in [4.69, 9.17) is 11.6 Å². The predicted octanol–water partition coefficient (Wildman–Crippen LogP) is 2.74. The van der Waals surface area contributed by atoms with Crippen LogP contribution in [-0.2, 0) is 4.79 Å². The zero-order valence-electron chi connectivity index (χ0n) is 6.72. The minimum absolute atomic E-state index is 0.454. The molecule has 0 bridgehead atoms. The van der Waals surface area contributed by atoms with Crippen molar-refractivity contribution in [3.8, 4) is 0 Å². The van der Waals surface area contributed by atoms with Gasteiger partial charge in [0.05, 0.1) is 0 Å². The van der Waals surface area contributed by atoms with E-state index in [1.54, 1.807) is 0 Å². The number of carbonyl (C=O) groups is 1. The van der Waals surface area contributed by atoms with E-state index in [2.05, 4.69) is 6.92 Å². The highest BCUT2D eigenvalue weighted by molar-refractivity contribution is 6.26. The Kier molecular flexibility index (Phi) is 3.13. The van der Waals surface area contributed by atoms with Crippen molar-refractivity contribution in [2.45, 2.75) is 26.2 Å². The lowest BCUT2D eigenvalue weighted by molar-refractivity contribution is -0.105. The molecule has 0 amide bonds. The van der Waals surface area contributed by atoms with E-state index in [1.807, 2.05) is 0 Å². The summed E-state index contributed by atoms with van der Waals surface area (Å²) in [6, 6.07) is 0. The molecule has 0 saturated heterocycles. The molecule has 1 rings (SSSR count). The fourth-order valence-corrected chi connectivity index (χ4v) is 1.78. The molecular weight excluding hydrogens is 160 g/mol. The van der Waals surface area contributed by atoms with Crippen LogP contribution in [0.25, 0.3) is 0 Å². The fraction of sp³-hybridized carbons (Fsp3) is 0.667. The van der Waals surface area contributed by atoms with Crippen LogP contribution in [0.5, 0.6) is 0 Å². The summed E-state index contributed by atoms with van der Waals surface area (Å²) in [6.07, 6.45) is 4.40. The lowest BCUT2D eigenvalue weighted by Gasteiger charge is -2.34. The van der Waals surface area contributed by atoms with Crippen LogP contribution in [-0.4, -0.2) is 6.29 Å². The molecule has 11 heavy (non-hydrogen) atoms. The molecule has 62 valence electrons. The van der Waals surface area contributed by atoms with Gasteiger partial charge in [0.25, 0.3) is 0 Å². The van der Waals surface area contributed by atoms with E-state index in [0.29, 0.717) is 5.92 Å². The van der Waals surface area contributed by atoms with Crippen molar-refractivity contribution in [1.82, 2.24) is 0 Å². The largest absolute Gasteiger partial charge is 0.298 e. The average Bonchev–Trinajstić information content (AvgIpc) is 1.95. The Balaban J connectivity index is 2.36. The molecule has 0 heterocycles. The number of rotatable bonds is 3. The van der Waals surface area contributed by atoms with Gasteiger partial charge in [-0.05, 0) is 24.7 Å². The molecule has 0 unspecified atom stereocenters. The minimum Gasteiger partial charge on any atom is -0.298 e. The summed E-state index contributed by atoms with van der Waals surface area (Å²) in [4.78, 5) is 10.4. The number of halogens is 1. The van der Waals surface area contributed by atoms with Crippen LogP contribution in [0.1, 0.15) is 26.2 Å². The number of aldehydes is 1. The Bertz CT molecular complexity index is 168. The Morgan fingerprint density at radius 1 is 1.64 bits per heavy atom. The van der Waals surface area contributed by atoms with Crippen molar-refractivity contribution >= 4 is 17.9 Å². The van der Waals surface area contributed by atoms with Crippen LogP contribution in [0.4, 0.5) is 0 Å². The lowest BCUT2D eigenvalue weighted by Crippen LogP contribution is -2.24. The third kappa shape index (κ3) is 1.84. The van der Waals surface area contributed by atoms with Crippen LogP contribution in [0.15, 0.2) is 11.1 Å². The molecule has 1 saturated carbocycles. The van der Waals surface area contributed by atoms with E-state index in [1.165, 1.54) is 12.0 Å². The average molecular weight is 173 g/mol. The normalized spacial score (nSPS) is 31.3. The number of hydrogen-bond acceptors (Lipinski definition) is 1. The molecule has 0 N–H and O–H groups in total. The second kappa shape index (κ2) is 3.91. The van der Waals surface area contributed by atoms with E-state index < -0.39 is 0 Å². The van der Waals surface area contributed by atoms with Crippen molar-refractivity contribution in [3.05, 3.63) is 11.1 Å². The van der Waals surface area contributed by atoms with Gasteiger partial charge in [-0.2, -0.15) is 0 Å². The number of allylic oxidation sites excluding steroid dienone is 1. The molecule has 2 heteroatoms. The molecule has 0 radical (unpaired) electrons. The number of hydrogen-bond donors (Lipinski definition) is 0. The molecule has 0 aromatic heterocycles. The fourth-order valence-electron chi connectivity index (χ4n) is 1.55. The highest BCUT2D eigenvalue weighted by Gasteiger charge is 2.29. The molecule has 0 aromatic carbocycles. The summed E-state index contributed by atoms with van der Waals surface area (Å²) in [5.74, 6) is 1.28. The Labute approximate surface area is 72.4 Å². The first kappa shape index (κ1) is 8.79. The Morgan fingerprint density at radius 3 is 2.64 bits per heavy atom. The smallest absolute Gasteiger partial charge is 0.147 e. The van der Waals surface area contributed by atoms with Gasteiger partial charge < -0.3 is 0 Å². The van der Waals surface area contributed by atoms with Crippen LogP contribution in [0.3, 0.4) is 0 Å². The van der Waals surface area contributed by atoms with Crippen LogP contribution >= 0.6 is 11.6 Å². The molecule has 0 aromatic rings. The maximum atomic E-state index is 10.4. The summed E-state index contributed by atoms with van der Waals surface area (Å²) < 4.78 is 0. The molecule has 0 spiro atoms. The monoisotopic (exact) mass is 172 g/mol. The first-order valence-electron chi connectivity index (χ1n) is 4.07. The molecule has 0 aliphatic heterocycles. The van der Waals surface area contributed by atoms with Gasteiger partial charge in [0.2, 0.25) is 0 Å². The zero-order chi connectivity index (χ0) is 8.27. The molecular formula is C9H13ClO. The quantitative estimate of drug-likeness (QED) is 0.473. The van der Waals surface area contributed by atoms with Gasteiger partial charge in [0, 0.05) is 11.1 Å². The van der Waals surface area contributed by atoms with Crippen LogP contribution < -0.4 is 0 Å². The third-order valence-corrected chi connectivity index (χ3v) is 2.80. The van der Waals surface area contributed by atoms with E-state index in [-0.39, 0.29) is 0 Å². The third-order valence-electron chi connectivity index (χ3n) is 2.55. The van der Waals surface area contributed by atoms with Gasteiger partial charge in [-0.15, -0.1) is 0 Å². The lowest BCUT2D eigenvalue weighted by atomic mass is 9.71. The van der Waals surface area contributed by atoms with E-state index >= 15 is 0 Å². The number of carbonyl (C=O) groups excluding carboxylic acids is 1. The van der Waals surface area contributed by atoms with Gasteiger partial charge in [-0.3, -0.25) is 4.79 Å². The summed E-state index contributed by atoms with van der Waals surface area (Å²) in [6.45, 7) is 2.19.